The fourth-order valence-electron chi connectivity index (χ4n) is 1.05. The van der Waals surface area contributed by atoms with Crippen LogP contribution in [-0.4, -0.2) is 6.54 Å². The molecule has 0 spiro atoms. The van der Waals surface area contributed by atoms with Crippen LogP contribution in [0.15, 0.2) is 24.3 Å². The van der Waals surface area contributed by atoms with Crippen LogP contribution < -0.4 is 11.0 Å². The molecule has 11 heavy (non-hydrogen) atoms. The molecule has 1 unspecified atom stereocenters. The molecule has 60 valence electrons. The van der Waals surface area contributed by atoms with Gasteiger partial charge >= 0.3 is 0 Å². The molecule has 0 saturated carbocycles. The number of rotatable bonds is 3. The Bertz CT molecular complexity index is 223. The van der Waals surface area contributed by atoms with Crippen molar-refractivity contribution in [3.63, 3.8) is 0 Å². The topological polar surface area (TPSA) is 26.0 Å². The first kappa shape index (κ1) is 8.70. The fourth-order valence-corrected chi connectivity index (χ4v) is 1.38. The van der Waals surface area contributed by atoms with Gasteiger partial charge in [-0.15, -0.1) is 9.24 Å². The molecule has 0 heterocycles. The van der Waals surface area contributed by atoms with Gasteiger partial charge in [0.2, 0.25) is 0 Å². The summed E-state index contributed by atoms with van der Waals surface area (Å²) in [5.41, 5.74) is 6.79. The third-order valence-corrected chi connectivity index (χ3v) is 1.98. The first-order valence-corrected chi connectivity index (χ1v) is 4.45. The third kappa shape index (κ3) is 3.00. The number of hydrogen-bond acceptors (Lipinski definition) is 1. The summed E-state index contributed by atoms with van der Waals surface area (Å²) in [5.74, 6) is 0. The Labute approximate surface area is 70.2 Å². The van der Waals surface area contributed by atoms with Gasteiger partial charge < -0.3 is 5.73 Å². The molecular weight excluding hydrogens is 153 g/mol. The van der Waals surface area contributed by atoms with Crippen LogP contribution in [0.1, 0.15) is 12.0 Å². The van der Waals surface area contributed by atoms with Gasteiger partial charge in [0.05, 0.1) is 0 Å². The molecule has 0 amide bonds. The van der Waals surface area contributed by atoms with E-state index in [1.54, 1.807) is 0 Å². The van der Waals surface area contributed by atoms with Crippen LogP contribution in [-0.2, 0) is 6.42 Å². The lowest BCUT2D eigenvalue weighted by Crippen LogP contribution is -2.01. The summed E-state index contributed by atoms with van der Waals surface area (Å²) in [7, 11) is 2.70. The maximum absolute atomic E-state index is 5.41. The maximum Gasteiger partial charge on any atom is -0.00741 e. The molecule has 0 radical (unpaired) electrons. The van der Waals surface area contributed by atoms with Crippen molar-refractivity contribution in [2.24, 2.45) is 5.73 Å². The third-order valence-electron chi connectivity index (χ3n) is 1.62. The van der Waals surface area contributed by atoms with Gasteiger partial charge in [-0.2, -0.15) is 0 Å². The second kappa shape index (κ2) is 4.48. The SMILES string of the molecule is NCCCc1cccc(P)c1. The van der Waals surface area contributed by atoms with Crippen LogP contribution >= 0.6 is 9.24 Å². The van der Waals surface area contributed by atoms with Crippen molar-refractivity contribution < 1.29 is 0 Å². The predicted octanol–water partition coefficient (Wildman–Crippen LogP) is 1.08. The molecule has 0 aliphatic heterocycles. The van der Waals surface area contributed by atoms with E-state index in [-0.39, 0.29) is 0 Å². The number of benzene rings is 1. The normalized spacial score (nSPS) is 10.0. The maximum atomic E-state index is 5.41. The van der Waals surface area contributed by atoms with Crippen molar-refractivity contribution in [2.45, 2.75) is 12.8 Å². The van der Waals surface area contributed by atoms with Crippen LogP contribution in [0.2, 0.25) is 0 Å². The Morgan fingerprint density at radius 3 is 2.82 bits per heavy atom. The van der Waals surface area contributed by atoms with Gasteiger partial charge in [-0.25, -0.2) is 0 Å². The molecule has 0 saturated heterocycles. The van der Waals surface area contributed by atoms with Crippen molar-refractivity contribution in [1.29, 1.82) is 0 Å². The Morgan fingerprint density at radius 1 is 1.36 bits per heavy atom. The van der Waals surface area contributed by atoms with Crippen molar-refractivity contribution in [3.8, 4) is 0 Å². The van der Waals surface area contributed by atoms with E-state index in [2.05, 4.69) is 33.5 Å². The quantitative estimate of drug-likeness (QED) is 0.670. The highest BCUT2D eigenvalue weighted by Gasteiger charge is 1.91. The summed E-state index contributed by atoms with van der Waals surface area (Å²) >= 11 is 0. The Hall–Kier alpha value is -0.390. The van der Waals surface area contributed by atoms with Crippen LogP contribution in [0.5, 0.6) is 0 Å². The van der Waals surface area contributed by atoms with E-state index in [0.717, 1.165) is 19.4 Å². The Balaban J connectivity index is 2.56. The number of nitrogens with two attached hydrogens (primary N) is 1. The Kier molecular flexibility index (Phi) is 3.55. The molecule has 1 atom stereocenters. The molecule has 2 N–H and O–H groups in total. The van der Waals surface area contributed by atoms with Crippen LogP contribution in [0, 0.1) is 0 Å². The summed E-state index contributed by atoms with van der Waals surface area (Å²) in [5, 5.41) is 1.25. The minimum Gasteiger partial charge on any atom is -0.330 e. The van der Waals surface area contributed by atoms with E-state index in [4.69, 9.17) is 5.73 Å². The molecule has 0 bridgehead atoms. The zero-order chi connectivity index (χ0) is 8.10. The summed E-state index contributed by atoms with van der Waals surface area (Å²) in [6.45, 7) is 0.779. The lowest BCUT2D eigenvalue weighted by atomic mass is 10.1. The molecule has 1 aromatic rings. The first-order chi connectivity index (χ1) is 5.33. The van der Waals surface area contributed by atoms with Gasteiger partial charge in [-0.1, -0.05) is 24.3 Å². The largest absolute Gasteiger partial charge is 0.330 e. The highest BCUT2D eigenvalue weighted by Crippen LogP contribution is 2.01. The Morgan fingerprint density at radius 2 is 2.18 bits per heavy atom. The van der Waals surface area contributed by atoms with Gasteiger partial charge in [0.15, 0.2) is 0 Å². The van der Waals surface area contributed by atoms with E-state index < -0.39 is 0 Å². The molecule has 2 heteroatoms. The fraction of sp³-hybridized carbons (Fsp3) is 0.333. The molecule has 1 nitrogen and oxygen atoms in total. The molecule has 0 fully saturated rings. The van der Waals surface area contributed by atoms with E-state index in [1.807, 2.05) is 0 Å². The minimum absolute atomic E-state index is 0.779. The van der Waals surface area contributed by atoms with Gasteiger partial charge in [-0.05, 0) is 30.3 Å². The van der Waals surface area contributed by atoms with Crippen LogP contribution in [0.4, 0.5) is 0 Å². The van der Waals surface area contributed by atoms with Gasteiger partial charge in [0, 0.05) is 0 Å². The number of hydrogen-bond donors (Lipinski definition) is 1. The van der Waals surface area contributed by atoms with Crippen molar-refractivity contribution >= 4 is 14.5 Å². The van der Waals surface area contributed by atoms with Crippen LogP contribution in [0.25, 0.3) is 0 Å². The monoisotopic (exact) mass is 167 g/mol. The highest BCUT2D eigenvalue weighted by molar-refractivity contribution is 7.27. The average Bonchev–Trinajstić information content (AvgIpc) is 2.01. The lowest BCUT2D eigenvalue weighted by Gasteiger charge is -1.99. The zero-order valence-corrected chi connectivity index (χ0v) is 7.74. The second-order valence-electron chi connectivity index (χ2n) is 2.64. The van der Waals surface area contributed by atoms with Crippen molar-refractivity contribution in [2.75, 3.05) is 6.54 Å². The summed E-state index contributed by atoms with van der Waals surface area (Å²) < 4.78 is 0. The standard InChI is InChI=1S/C9H14NP/c10-6-2-4-8-3-1-5-9(11)7-8/h1,3,5,7H,2,4,6,10-11H2. The molecule has 1 rings (SSSR count). The van der Waals surface area contributed by atoms with Crippen molar-refractivity contribution in [1.82, 2.24) is 0 Å². The summed E-state index contributed by atoms with van der Waals surface area (Å²) in [4.78, 5) is 0. The highest BCUT2D eigenvalue weighted by atomic mass is 31.0. The first-order valence-electron chi connectivity index (χ1n) is 3.87. The van der Waals surface area contributed by atoms with E-state index in [0.29, 0.717) is 0 Å². The zero-order valence-electron chi connectivity index (χ0n) is 6.59. The molecule has 0 aliphatic rings. The minimum atomic E-state index is 0.779. The lowest BCUT2D eigenvalue weighted by molar-refractivity contribution is 0.833. The summed E-state index contributed by atoms with van der Waals surface area (Å²) in [6.07, 6.45) is 2.17. The molecule has 0 aromatic heterocycles. The summed E-state index contributed by atoms with van der Waals surface area (Å²) in [6, 6.07) is 8.48. The average molecular weight is 167 g/mol. The van der Waals surface area contributed by atoms with E-state index >= 15 is 0 Å². The second-order valence-corrected chi connectivity index (χ2v) is 3.30. The number of aryl methyl sites for hydroxylation is 1. The van der Waals surface area contributed by atoms with Gasteiger partial charge in [0.25, 0.3) is 0 Å². The smallest absolute Gasteiger partial charge is 0.00741 e. The molecular formula is C9H14NP. The van der Waals surface area contributed by atoms with Crippen molar-refractivity contribution in [3.05, 3.63) is 29.8 Å². The van der Waals surface area contributed by atoms with Crippen LogP contribution in [0.3, 0.4) is 0 Å². The van der Waals surface area contributed by atoms with E-state index in [1.165, 1.54) is 10.9 Å². The molecule has 0 aliphatic carbocycles. The predicted molar refractivity (Wildman–Crippen MR) is 53.2 cm³/mol. The van der Waals surface area contributed by atoms with E-state index in [9.17, 15) is 0 Å². The molecule has 1 aromatic carbocycles. The van der Waals surface area contributed by atoms with Gasteiger partial charge in [-0.3, -0.25) is 0 Å². The van der Waals surface area contributed by atoms with Gasteiger partial charge in [0.1, 0.15) is 0 Å².